The van der Waals surface area contributed by atoms with Gasteiger partial charge in [-0.1, -0.05) is 23.4 Å². The molecule has 1 saturated heterocycles. The summed E-state index contributed by atoms with van der Waals surface area (Å²) in [5.41, 5.74) is 3.74. The van der Waals surface area contributed by atoms with Crippen molar-refractivity contribution in [2.24, 2.45) is 11.1 Å². The Balaban J connectivity index is 1.48. The van der Waals surface area contributed by atoms with E-state index in [2.05, 4.69) is 10.1 Å². The summed E-state index contributed by atoms with van der Waals surface area (Å²) in [5.74, 6) is 1.12. The third-order valence-electron chi connectivity index (χ3n) is 6.39. The van der Waals surface area contributed by atoms with Crippen molar-refractivity contribution < 1.29 is 18.7 Å². The van der Waals surface area contributed by atoms with Crippen LogP contribution in [-0.4, -0.2) is 28.5 Å². The van der Waals surface area contributed by atoms with Gasteiger partial charge in [0.1, 0.15) is 23.0 Å². The fraction of sp³-hybridized carbons (Fsp3) is 0.308. The van der Waals surface area contributed by atoms with Gasteiger partial charge in [0.15, 0.2) is 5.60 Å². The van der Waals surface area contributed by atoms with Crippen molar-refractivity contribution in [3.8, 4) is 11.4 Å². The van der Waals surface area contributed by atoms with Gasteiger partial charge < -0.3 is 18.9 Å². The number of ether oxygens (including phenoxy) is 2. The molecule has 2 unspecified atom stereocenters. The summed E-state index contributed by atoms with van der Waals surface area (Å²) in [6.07, 6.45) is 6.42. The molecule has 2 aliphatic rings. The molecule has 3 heterocycles. The maximum Gasteiger partial charge on any atom is 0.168 e. The monoisotopic (exact) mass is 447 g/mol. The molecule has 0 spiro atoms. The third-order valence-corrected chi connectivity index (χ3v) is 6.39. The summed E-state index contributed by atoms with van der Waals surface area (Å²) in [6.45, 7) is 5.99. The van der Waals surface area contributed by atoms with Gasteiger partial charge in [-0.3, -0.25) is 0 Å². The van der Waals surface area contributed by atoms with Crippen LogP contribution in [0.1, 0.15) is 37.1 Å². The average molecular weight is 448 g/mol. The minimum Gasteiger partial charge on any atom is -0.495 e. The fourth-order valence-electron chi connectivity index (χ4n) is 4.59. The number of aryl methyl sites for hydroxylation is 1. The number of fused-ring (bicyclic) bond motifs is 1. The van der Waals surface area contributed by atoms with Crippen molar-refractivity contribution in [1.29, 1.82) is 0 Å². The first-order valence-electron chi connectivity index (χ1n) is 11.0. The Morgan fingerprint density at radius 2 is 2.00 bits per heavy atom. The van der Waals surface area contributed by atoms with Gasteiger partial charge in [0.2, 0.25) is 0 Å². The summed E-state index contributed by atoms with van der Waals surface area (Å²) < 4.78 is 27.2. The molecule has 0 radical (unpaired) electrons. The first-order valence-corrected chi connectivity index (χ1v) is 11.0. The Morgan fingerprint density at radius 1 is 1.21 bits per heavy atom. The maximum atomic E-state index is 13.5. The van der Waals surface area contributed by atoms with Crippen molar-refractivity contribution in [1.82, 2.24) is 9.55 Å². The zero-order valence-electron chi connectivity index (χ0n) is 19.1. The Kier molecular flexibility index (Phi) is 5.19. The number of allylic oxidation sites excluding steroid dienone is 1. The van der Waals surface area contributed by atoms with Crippen molar-refractivity contribution >= 4 is 11.8 Å². The highest BCUT2D eigenvalue weighted by atomic mass is 19.1. The number of hydrogen-bond acceptors (Lipinski definition) is 5. The van der Waals surface area contributed by atoms with E-state index in [4.69, 9.17) is 14.3 Å². The van der Waals surface area contributed by atoms with E-state index in [9.17, 15) is 4.39 Å². The first kappa shape index (κ1) is 21.2. The molecule has 170 valence electrons. The smallest absolute Gasteiger partial charge is 0.168 e. The number of nitrogens with zero attached hydrogens (tertiary/aromatic N) is 3. The molecule has 33 heavy (non-hydrogen) atoms. The van der Waals surface area contributed by atoms with Crippen LogP contribution in [-0.2, 0) is 15.2 Å². The van der Waals surface area contributed by atoms with E-state index >= 15 is 0 Å². The number of methoxy groups -OCH3 is 1. The van der Waals surface area contributed by atoms with Crippen LogP contribution >= 0.6 is 0 Å². The highest BCUT2D eigenvalue weighted by Gasteiger charge is 2.51. The fourth-order valence-corrected chi connectivity index (χ4v) is 4.59. The molecular weight excluding hydrogens is 421 g/mol. The summed E-state index contributed by atoms with van der Waals surface area (Å²) >= 11 is 0. The van der Waals surface area contributed by atoms with Gasteiger partial charge in [-0.15, -0.1) is 0 Å². The van der Waals surface area contributed by atoms with Gasteiger partial charge in [-0.05, 0) is 68.7 Å². The quantitative estimate of drug-likeness (QED) is 0.538. The van der Waals surface area contributed by atoms with Crippen LogP contribution in [0.15, 0.2) is 65.9 Å². The lowest BCUT2D eigenvalue weighted by Gasteiger charge is -2.35. The zero-order chi connectivity index (χ0) is 23.2. The number of oxime groups is 1. The van der Waals surface area contributed by atoms with E-state index in [1.165, 1.54) is 12.1 Å². The van der Waals surface area contributed by atoms with Crippen LogP contribution in [0.4, 0.5) is 4.39 Å². The third kappa shape index (κ3) is 3.77. The predicted octanol–water partition coefficient (Wildman–Crippen LogP) is 5.40. The lowest BCUT2D eigenvalue weighted by atomic mass is 9.76. The molecule has 6 nitrogen and oxygen atoms in total. The first-order chi connectivity index (χ1) is 15.9. The van der Waals surface area contributed by atoms with Crippen LogP contribution < -0.4 is 4.74 Å². The number of imidazole rings is 1. The van der Waals surface area contributed by atoms with Gasteiger partial charge in [0.25, 0.3) is 0 Å². The SMILES string of the molecule is COc1cc(/C=C2\O[C@@H](C)CC3C2=NOC3(C)c2ccc(F)cc2)ccc1-n1cnc(C)c1. The molecule has 5 rings (SSSR count). The van der Waals surface area contributed by atoms with Gasteiger partial charge in [-0.25, -0.2) is 9.37 Å². The zero-order valence-corrected chi connectivity index (χ0v) is 19.1. The van der Waals surface area contributed by atoms with E-state index in [0.29, 0.717) is 5.76 Å². The molecule has 2 aromatic carbocycles. The van der Waals surface area contributed by atoms with Crippen molar-refractivity contribution in [2.75, 3.05) is 7.11 Å². The van der Waals surface area contributed by atoms with Gasteiger partial charge in [0.05, 0.1) is 36.8 Å². The van der Waals surface area contributed by atoms with Crippen molar-refractivity contribution in [2.45, 2.75) is 38.9 Å². The molecular formula is C26H26FN3O3. The van der Waals surface area contributed by atoms with Crippen molar-refractivity contribution in [3.05, 3.63) is 83.4 Å². The van der Waals surface area contributed by atoms with E-state index in [-0.39, 0.29) is 17.8 Å². The molecule has 0 saturated carbocycles. The molecule has 3 atom stereocenters. The predicted molar refractivity (Wildman–Crippen MR) is 124 cm³/mol. The second-order valence-electron chi connectivity index (χ2n) is 8.76. The largest absolute Gasteiger partial charge is 0.495 e. The molecule has 2 aliphatic heterocycles. The number of benzene rings is 2. The highest BCUT2D eigenvalue weighted by Crippen LogP contribution is 2.46. The maximum absolute atomic E-state index is 13.5. The molecule has 3 aromatic rings. The second-order valence-corrected chi connectivity index (χ2v) is 8.76. The summed E-state index contributed by atoms with van der Waals surface area (Å²) in [6, 6.07) is 12.4. The van der Waals surface area contributed by atoms with Crippen LogP contribution in [0.25, 0.3) is 11.8 Å². The molecule has 0 bridgehead atoms. The van der Waals surface area contributed by atoms with Crippen LogP contribution in [0, 0.1) is 18.7 Å². The Morgan fingerprint density at radius 3 is 2.70 bits per heavy atom. The lowest BCUT2D eigenvalue weighted by molar-refractivity contribution is -0.0469. The van der Waals surface area contributed by atoms with E-state index in [0.717, 1.165) is 40.4 Å². The van der Waals surface area contributed by atoms with E-state index in [1.807, 2.05) is 55.8 Å². The van der Waals surface area contributed by atoms with E-state index in [1.54, 1.807) is 25.6 Å². The van der Waals surface area contributed by atoms with Crippen LogP contribution in [0.3, 0.4) is 0 Å². The normalized spacial score (nSPS) is 25.2. The van der Waals surface area contributed by atoms with Gasteiger partial charge in [0, 0.05) is 6.20 Å². The highest BCUT2D eigenvalue weighted by molar-refractivity contribution is 6.05. The molecule has 0 amide bonds. The minimum atomic E-state index is -0.680. The number of rotatable bonds is 4. The van der Waals surface area contributed by atoms with Gasteiger partial charge >= 0.3 is 0 Å². The molecule has 0 aliphatic carbocycles. The van der Waals surface area contributed by atoms with Crippen molar-refractivity contribution in [3.63, 3.8) is 0 Å². The summed E-state index contributed by atoms with van der Waals surface area (Å²) in [5, 5.41) is 4.42. The summed E-state index contributed by atoms with van der Waals surface area (Å²) in [7, 11) is 1.65. The molecule has 1 fully saturated rings. The number of hydrogen-bond donors (Lipinski definition) is 0. The second kappa shape index (κ2) is 8.06. The minimum absolute atomic E-state index is 0.00643. The number of halogens is 1. The molecule has 0 N–H and O–H groups in total. The van der Waals surface area contributed by atoms with Gasteiger partial charge in [-0.2, -0.15) is 0 Å². The van der Waals surface area contributed by atoms with Crippen LogP contribution in [0.2, 0.25) is 0 Å². The summed E-state index contributed by atoms with van der Waals surface area (Å²) in [4.78, 5) is 10.3. The van der Waals surface area contributed by atoms with E-state index < -0.39 is 5.60 Å². The standard InChI is InChI=1S/C26H26FN3O3/c1-16-14-30(15-28-16)22-10-5-18(12-23(22)31-4)13-24-25-21(11-17(2)32-24)26(3,33-29-25)19-6-8-20(27)9-7-19/h5-10,12-15,17,21H,11H2,1-4H3/b24-13-/t17-,21?,26?/m0/s1. The Hall–Kier alpha value is -3.61. The molecule has 1 aromatic heterocycles. The molecule has 7 heteroatoms. The topological polar surface area (TPSA) is 57.9 Å². The number of aromatic nitrogens is 2. The van der Waals surface area contributed by atoms with Crippen LogP contribution in [0.5, 0.6) is 5.75 Å². The average Bonchev–Trinajstić information content (AvgIpc) is 3.38. The Labute approximate surface area is 192 Å². The Bertz CT molecular complexity index is 1250. The lowest BCUT2D eigenvalue weighted by Crippen LogP contribution is -2.40.